The highest BCUT2D eigenvalue weighted by atomic mass is 31.2. The van der Waals surface area contributed by atoms with Crippen LogP contribution in [0.5, 0.6) is 0 Å². The smallest absolute Gasteiger partial charge is 0.330 e. The summed E-state index contributed by atoms with van der Waals surface area (Å²) < 4.78 is 12.2. The maximum atomic E-state index is 11.9. The molecule has 1 saturated heterocycles. The van der Waals surface area contributed by atoms with Gasteiger partial charge in [0.1, 0.15) is 6.23 Å². The number of ether oxygens (including phenoxy) is 2. The Kier molecular flexibility index (Phi) is 5.16. The number of nitrogens with zero attached hydrogens (tertiary/aromatic N) is 1. The molecule has 2 heterocycles. The lowest BCUT2D eigenvalue weighted by Crippen LogP contribution is -2.33. The van der Waals surface area contributed by atoms with Crippen molar-refractivity contribution < 1.29 is 24.2 Å². The van der Waals surface area contributed by atoms with Crippen molar-refractivity contribution in [3.8, 4) is 0 Å². The Morgan fingerprint density at radius 3 is 2.82 bits per heavy atom. The SMILES string of the molecule is CO[C@H]1C[C@H](n2cc(C)c(=O)[nH]c2=O)O[C@@H]1CC[P+]([O-])([O-])O. The molecule has 0 aliphatic carbocycles. The van der Waals surface area contributed by atoms with Crippen molar-refractivity contribution in [1.29, 1.82) is 0 Å². The van der Waals surface area contributed by atoms with Crippen molar-refractivity contribution in [2.24, 2.45) is 0 Å². The van der Waals surface area contributed by atoms with Gasteiger partial charge >= 0.3 is 5.69 Å². The Bertz CT molecular complexity index is 636. The molecule has 1 aromatic heterocycles. The van der Waals surface area contributed by atoms with Gasteiger partial charge in [0.2, 0.25) is 0 Å². The number of aromatic amines is 1. The van der Waals surface area contributed by atoms with E-state index in [0.717, 1.165) is 0 Å². The summed E-state index contributed by atoms with van der Waals surface area (Å²) in [5.41, 5.74) is -0.709. The lowest BCUT2D eigenvalue weighted by molar-refractivity contribution is -0.331. The Hall–Kier alpha value is -1.09. The number of methoxy groups -OCH3 is 1. The number of H-pyrrole nitrogens is 1. The van der Waals surface area contributed by atoms with Crippen molar-refractivity contribution in [3.63, 3.8) is 0 Å². The molecule has 1 aliphatic heterocycles. The summed E-state index contributed by atoms with van der Waals surface area (Å²) in [6, 6.07) is 0. The van der Waals surface area contributed by atoms with Crippen LogP contribution in [0, 0.1) is 6.92 Å². The number of aromatic nitrogens is 2. The molecular weight excluding hydrogens is 315 g/mol. The van der Waals surface area contributed by atoms with Gasteiger partial charge in [0.15, 0.2) is 0 Å². The molecule has 0 aromatic carbocycles. The third-order valence-corrected chi connectivity index (χ3v) is 4.46. The summed E-state index contributed by atoms with van der Waals surface area (Å²) in [4.78, 5) is 56.0. The van der Waals surface area contributed by atoms with Crippen LogP contribution in [0.1, 0.15) is 24.6 Å². The minimum Gasteiger partial charge on any atom is -0.660 e. The van der Waals surface area contributed by atoms with Crippen molar-refractivity contribution in [3.05, 3.63) is 32.6 Å². The van der Waals surface area contributed by atoms with Crippen molar-refractivity contribution in [2.75, 3.05) is 13.3 Å². The van der Waals surface area contributed by atoms with E-state index < -0.39 is 43.8 Å². The van der Waals surface area contributed by atoms with Gasteiger partial charge in [-0.3, -0.25) is 19.2 Å². The van der Waals surface area contributed by atoms with Gasteiger partial charge in [-0.1, -0.05) is 0 Å². The molecule has 2 rings (SSSR count). The molecule has 3 atom stereocenters. The zero-order chi connectivity index (χ0) is 16.5. The van der Waals surface area contributed by atoms with Crippen LogP contribution in [0.3, 0.4) is 0 Å². The molecule has 1 aromatic rings. The van der Waals surface area contributed by atoms with E-state index in [4.69, 9.17) is 14.4 Å². The second kappa shape index (κ2) is 6.57. The first kappa shape index (κ1) is 17.3. The predicted octanol–water partition coefficient (Wildman–Crippen LogP) is -1.99. The van der Waals surface area contributed by atoms with E-state index in [2.05, 4.69) is 4.98 Å². The summed E-state index contributed by atoms with van der Waals surface area (Å²) >= 11 is 0. The second-order valence-electron chi connectivity index (χ2n) is 5.27. The zero-order valence-electron chi connectivity index (χ0n) is 12.2. The lowest BCUT2D eigenvalue weighted by Gasteiger charge is -2.29. The molecule has 0 spiro atoms. The molecule has 22 heavy (non-hydrogen) atoms. The van der Waals surface area contributed by atoms with Gasteiger partial charge in [-0.05, 0) is 6.92 Å². The van der Waals surface area contributed by atoms with Crippen LogP contribution in [0.4, 0.5) is 0 Å². The van der Waals surface area contributed by atoms with Crippen LogP contribution in [-0.4, -0.2) is 39.9 Å². The van der Waals surface area contributed by atoms with Crippen molar-refractivity contribution in [1.82, 2.24) is 9.55 Å². The summed E-state index contributed by atoms with van der Waals surface area (Å²) in [7, 11) is -2.91. The molecule has 10 heteroatoms. The summed E-state index contributed by atoms with van der Waals surface area (Å²) in [6.45, 7) is 1.56. The normalized spacial score (nSPS) is 25.6. The topological polar surface area (TPSA) is 140 Å². The second-order valence-corrected chi connectivity index (χ2v) is 6.99. The van der Waals surface area contributed by atoms with E-state index in [1.165, 1.54) is 17.9 Å². The first-order chi connectivity index (χ1) is 10.2. The fourth-order valence-electron chi connectivity index (χ4n) is 2.47. The highest BCUT2D eigenvalue weighted by molar-refractivity contribution is 7.55. The fraction of sp³-hybridized carbons (Fsp3) is 0.667. The van der Waals surface area contributed by atoms with Crippen molar-refractivity contribution >= 4 is 7.94 Å². The Morgan fingerprint density at radius 1 is 1.55 bits per heavy atom. The van der Waals surface area contributed by atoms with Crippen LogP contribution in [0.25, 0.3) is 0 Å². The highest BCUT2D eigenvalue weighted by Gasteiger charge is 2.37. The van der Waals surface area contributed by atoms with Gasteiger partial charge in [0, 0.05) is 39.7 Å². The number of hydrogen-bond acceptors (Lipinski definition) is 7. The fourth-order valence-corrected chi connectivity index (χ4v) is 3.05. The van der Waals surface area contributed by atoms with Gasteiger partial charge in [0.05, 0.1) is 18.4 Å². The molecule has 1 aliphatic rings. The van der Waals surface area contributed by atoms with Gasteiger partial charge in [-0.15, -0.1) is 0 Å². The average Bonchev–Trinajstić information content (AvgIpc) is 2.83. The monoisotopic (exact) mass is 333 g/mol. The lowest BCUT2D eigenvalue weighted by atomic mass is 10.1. The Labute approximate surface area is 126 Å². The van der Waals surface area contributed by atoms with Gasteiger partial charge in [-0.2, -0.15) is 0 Å². The number of nitrogens with one attached hydrogen (secondary N) is 1. The van der Waals surface area contributed by atoms with Crippen LogP contribution in [-0.2, 0) is 9.47 Å². The van der Waals surface area contributed by atoms with Gasteiger partial charge < -0.3 is 19.3 Å². The molecule has 2 N–H and O–H groups in total. The van der Waals surface area contributed by atoms with E-state index >= 15 is 0 Å². The zero-order valence-corrected chi connectivity index (χ0v) is 13.1. The Morgan fingerprint density at radius 2 is 2.23 bits per heavy atom. The molecule has 124 valence electrons. The molecule has 0 radical (unpaired) electrons. The first-order valence-corrected chi connectivity index (χ1v) is 8.50. The third kappa shape index (κ3) is 4.01. The summed E-state index contributed by atoms with van der Waals surface area (Å²) in [6.07, 6.45) is -0.276. The molecule has 1 fully saturated rings. The summed E-state index contributed by atoms with van der Waals surface area (Å²) in [5, 5.41) is 0. The largest absolute Gasteiger partial charge is 0.660 e. The minimum atomic E-state index is -4.37. The number of rotatable bonds is 5. The van der Waals surface area contributed by atoms with E-state index in [1.807, 2.05) is 0 Å². The van der Waals surface area contributed by atoms with E-state index in [1.54, 1.807) is 6.92 Å². The molecule has 0 amide bonds. The predicted molar refractivity (Wildman–Crippen MR) is 74.0 cm³/mol. The third-order valence-electron chi connectivity index (χ3n) is 3.64. The maximum Gasteiger partial charge on any atom is 0.330 e. The molecule has 0 saturated carbocycles. The van der Waals surface area contributed by atoms with E-state index in [9.17, 15) is 19.4 Å². The van der Waals surface area contributed by atoms with Crippen molar-refractivity contribution in [2.45, 2.75) is 38.2 Å². The van der Waals surface area contributed by atoms with Crippen LogP contribution in [0.15, 0.2) is 15.8 Å². The van der Waals surface area contributed by atoms with E-state index in [0.29, 0.717) is 12.0 Å². The van der Waals surface area contributed by atoms with Gasteiger partial charge in [-0.25, -0.2) is 4.79 Å². The minimum absolute atomic E-state index is 0.0589. The first-order valence-electron chi connectivity index (χ1n) is 6.74. The number of aryl methyl sites for hydroxylation is 1. The Balaban J connectivity index is 2.16. The quantitative estimate of drug-likeness (QED) is 0.595. The van der Waals surface area contributed by atoms with Crippen LogP contribution >= 0.6 is 7.94 Å². The van der Waals surface area contributed by atoms with Gasteiger partial charge in [0.25, 0.3) is 5.56 Å². The average molecular weight is 333 g/mol. The molecule has 0 unspecified atom stereocenters. The molecule has 0 bridgehead atoms. The van der Waals surface area contributed by atoms with E-state index in [-0.39, 0.29) is 6.42 Å². The highest BCUT2D eigenvalue weighted by Crippen LogP contribution is 2.38. The van der Waals surface area contributed by atoms with Crippen LogP contribution < -0.4 is 21.0 Å². The summed E-state index contributed by atoms with van der Waals surface area (Å²) in [5.74, 6) is 0. The van der Waals surface area contributed by atoms with Crippen LogP contribution in [0.2, 0.25) is 0 Å². The molecular formula is C12H18N2O7P-. The maximum absolute atomic E-state index is 11.9. The standard InChI is InChI=1S/C12H19N2O7P/c1-7-6-14(12(16)13-11(7)15)10-5-9(20-2)8(21-10)3-4-22(17,18)19/h6,8-10H,3-5H2,1-2H3,(H,13,15,16)(H2,17,18,19)/p-1/t8-,9+,10-/m1/s1. The number of hydrogen-bond donors (Lipinski definition) is 2. The molecule has 9 nitrogen and oxygen atoms in total.